The SMILES string of the molecule is CCCCCCCC(=O)CC[C@@H]1[C@@H](C/C=C\CCCC(=O)NCCOCCON(O)O)[C@@H](O)C[C@H]1O. The summed E-state index contributed by atoms with van der Waals surface area (Å²) in [5.41, 5.74) is 0. The third-order valence-electron chi connectivity index (χ3n) is 6.69. The molecule has 0 aromatic heterocycles. The minimum absolute atomic E-state index is 0.0117. The van der Waals surface area contributed by atoms with E-state index >= 15 is 0 Å². The van der Waals surface area contributed by atoms with Crippen LogP contribution in [0.5, 0.6) is 0 Å². The van der Waals surface area contributed by atoms with Gasteiger partial charge in [0, 0.05) is 25.8 Å². The lowest BCUT2D eigenvalue weighted by atomic mass is 9.86. The van der Waals surface area contributed by atoms with Crippen LogP contribution in [0.2, 0.25) is 0 Å². The standard InChI is InChI=1S/C26H48N2O8/c1-2-3-4-5-8-11-21(29)14-15-23-22(24(30)20-25(23)31)12-9-6-7-10-13-26(32)27-16-17-35-18-19-36-28(33)34/h6,9,22-25,30-31,33-34H,2-5,7-8,10-20H2,1H3,(H,27,32)/b9-6-/t22-,23-,24+,25-/m1/s1. The molecule has 1 fully saturated rings. The molecule has 36 heavy (non-hydrogen) atoms. The van der Waals surface area contributed by atoms with E-state index in [-0.39, 0.29) is 42.1 Å². The molecule has 1 amide bonds. The molecule has 0 aromatic rings. The van der Waals surface area contributed by atoms with E-state index in [0.717, 1.165) is 19.3 Å². The van der Waals surface area contributed by atoms with Crippen molar-refractivity contribution in [2.24, 2.45) is 11.8 Å². The van der Waals surface area contributed by atoms with Gasteiger partial charge in [-0.1, -0.05) is 44.8 Å². The lowest BCUT2D eigenvalue weighted by Crippen LogP contribution is -2.27. The van der Waals surface area contributed by atoms with Crippen LogP contribution in [-0.2, 0) is 19.2 Å². The van der Waals surface area contributed by atoms with Crippen LogP contribution in [0.1, 0.15) is 90.4 Å². The van der Waals surface area contributed by atoms with Gasteiger partial charge in [0.05, 0.1) is 37.4 Å². The van der Waals surface area contributed by atoms with Crippen LogP contribution < -0.4 is 5.32 Å². The second-order valence-electron chi connectivity index (χ2n) is 9.59. The molecule has 1 aliphatic rings. The molecule has 0 heterocycles. The maximum absolute atomic E-state index is 12.2. The van der Waals surface area contributed by atoms with E-state index in [2.05, 4.69) is 17.1 Å². The van der Waals surface area contributed by atoms with Crippen LogP contribution in [0.25, 0.3) is 0 Å². The number of Topliss-reactive ketones (excluding diaryl/α,β-unsaturated/α-hetero) is 1. The van der Waals surface area contributed by atoms with E-state index in [1.165, 1.54) is 19.3 Å². The number of hydrogen-bond acceptors (Lipinski definition) is 9. The average Bonchev–Trinajstić information content (AvgIpc) is 3.10. The molecule has 0 aliphatic heterocycles. The number of nitrogens with one attached hydrogen (secondary N) is 1. The highest BCUT2D eigenvalue weighted by molar-refractivity contribution is 5.78. The predicted octanol–water partition coefficient (Wildman–Crippen LogP) is 3.32. The lowest BCUT2D eigenvalue weighted by molar-refractivity contribution is -0.493. The first-order chi connectivity index (χ1) is 17.3. The number of allylic oxidation sites excluding steroid dienone is 2. The van der Waals surface area contributed by atoms with Crippen LogP contribution in [0.3, 0.4) is 0 Å². The largest absolute Gasteiger partial charge is 0.393 e. The van der Waals surface area contributed by atoms with Crippen molar-refractivity contribution >= 4 is 11.7 Å². The number of ether oxygens (including phenoxy) is 1. The Bertz CT molecular complexity index is 617. The zero-order chi connectivity index (χ0) is 26.6. The van der Waals surface area contributed by atoms with E-state index in [1.807, 2.05) is 12.2 Å². The summed E-state index contributed by atoms with van der Waals surface area (Å²) < 4.78 is 5.17. The molecule has 0 spiro atoms. The number of aliphatic hydroxyl groups is 2. The van der Waals surface area contributed by atoms with Crippen molar-refractivity contribution in [1.82, 2.24) is 10.7 Å². The monoisotopic (exact) mass is 516 g/mol. The third-order valence-corrected chi connectivity index (χ3v) is 6.69. The maximum atomic E-state index is 12.2. The Labute approximate surface area is 215 Å². The summed E-state index contributed by atoms with van der Waals surface area (Å²) >= 11 is 0. The molecule has 10 heteroatoms. The van der Waals surface area contributed by atoms with E-state index in [0.29, 0.717) is 58.1 Å². The summed E-state index contributed by atoms with van der Waals surface area (Å²) in [4.78, 5) is 28.4. The fourth-order valence-corrected chi connectivity index (χ4v) is 4.67. The number of aliphatic hydroxyl groups excluding tert-OH is 2. The first kappa shape index (κ1) is 32.6. The molecule has 0 saturated heterocycles. The van der Waals surface area contributed by atoms with Gasteiger partial charge in [-0.3, -0.25) is 20.0 Å². The van der Waals surface area contributed by atoms with Gasteiger partial charge in [-0.05, 0) is 50.4 Å². The summed E-state index contributed by atoms with van der Waals surface area (Å²) in [6, 6.07) is 0. The van der Waals surface area contributed by atoms with Crippen LogP contribution in [0.4, 0.5) is 0 Å². The van der Waals surface area contributed by atoms with Crippen molar-refractivity contribution in [2.45, 2.75) is 103 Å². The molecule has 4 atom stereocenters. The van der Waals surface area contributed by atoms with Gasteiger partial charge in [-0.2, -0.15) is 0 Å². The number of amides is 1. The molecule has 0 bridgehead atoms. The lowest BCUT2D eigenvalue weighted by Gasteiger charge is -2.22. The van der Waals surface area contributed by atoms with Crippen molar-refractivity contribution in [1.29, 1.82) is 0 Å². The van der Waals surface area contributed by atoms with E-state index < -0.39 is 12.2 Å². The average molecular weight is 517 g/mol. The Morgan fingerprint density at radius 2 is 1.67 bits per heavy atom. The Kier molecular flexibility index (Phi) is 18.7. The molecular weight excluding hydrogens is 468 g/mol. The van der Waals surface area contributed by atoms with Gasteiger partial charge < -0.3 is 20.3 Å². The summed E-state index contributed by atoms with van der Waals surface area (Å²) in [6.07, 6.45) is 13.1. The molecule has 0 unspecified atom stereocenters. The Morgan fingerprint density at radius 3 is 2.42 bits per heavy atom. The second kappa shape index (κ2) is 20.6. The minimum atomic E-state index is -0.560. The highest BCUT2D eigenvalue weighted by Crippen LogP contribution is 2.38. The minimum Gasteiger partial charge on any atom is -0.393 e. The Morgan fingerprint density at radius 1 is 0.917 bits per heavy atom. The number of hydrogen-bond donors (Lipinski definition) is 5. The number of unbranched alkanes of at least 4 members (excludes halogenated alkanes) is 5. The van der Waals surface area contributed by atoms with Crippen LogP contribution in [0.15, 0.2) is 12.2 Å². The van der Waals surface area contributed by atoms with Crippen molar-refractivity contribution in [3.8, 4) is 0 Å². The van der Waals surface area contributed by atoms with Crippen LogP contribution in [-0.4, -0.2) is 76.3 Å². The first-order valence-electron chi connectivity index (χ1n) is 13.5. The first-order valence-corrected chi connectivity index (χ1v) is 13.5. The van der Waals surface area contributed by atoms with Gasteiger partial charge in [0.25, 0.3) is 0 Å². The van der Waals surface area contributed by atoms with Gasteiger partial charge in [0.2, 0.25) is 5.91 Å². The van der Waals surface area contributed by atoms with Crippen LogP contribution >= 0.6 is 0 Å². The van der Waals surface area contributed by atoms with Crippen molar-refractivity contribution in [3.05, 3.63) is 12.2 Å². The highest BCUT2D eigenvalue weighted by atomic mass is 17.1. The number of rotatable bonds is 22. The van der Waals surface area contributed by atoms with Crippen molar-refractivity contribution in [2.75, 3.05) is 26.4 Å². The molecule has 0 radical (unpaired) electrons. The van der Waals surface area contributed by atoms with Crippen LogP contribution in [0, 0.1) is 11.8 Å². The number of carbonyl (C=O) groups is 2. The molecular formula is C26H48N2O8. The smallest absolute Gasteiger partial charge is 0.220 e. The van der Waals surface area contributed by atoms with Crippen molar-refractivity contribution in [3.63, 3.8) is 0 Å². The van der Waals surface area contributed by atoms with Gasteiger partial charge in [0.1, 0.15) is 5.78 Å². The molecule has 0 aromatic carbocycles. The topological polar surface area (TPSA) is 149 Å². The molecule has 1 saturated carbocycles. The molecule has 1 aliphatic carbocycles. The fraction of sp³-hybridized carbons (Fsp3) is 0.846. The van der Waals surface area contributed by atoms with Gasteiger partial charge in [-0.15, -0.1) is 0 Å². The summed E-state index contributed by atoms with van der Waals surface area (Å²) in [7, 11) is 0. The van der Waals surface area contributed by atoms with E-state index in [4.69, 9.17) is 15.2 Å². The zero-order valence-corrected chi connectivity index (χ0v) is 21.9. The molecule has 1 rings (SSSR count). The molecule has 10 nitrogen and oxygen atoms in total. The summed E-state index contributed by atoms with van der Waals surface area (Å²) in [6.45, 7) is 2.99. The third kappa shape index (κ3) is 15.7. The van der Waals surface area contributed by atoms with Gasteiger partial charge >= 0.3 is 0 Å². The predicted molar refractivity (Wildman–Crippen MR) is 134 cm³/mol. The number of ketones is 1. The van der Waals surface area contributed by atoms with E-state index in [9.17, 15) is 19.8 Å². The Hall–Kier alpha value is -1.40. The normalized spacial score (nSPS) is 22.1. The second-order valence-corrected chi connectivity index (χ2v) is 9.59. The summed E-state index contributed by atoms with van der Waals surface area (Å²) in [5.74, 6) is 0.0946. The fourth-order valence-electron chi connectivity index (χ4n) is 4.67. The zero-order valence-electron chi connectivity index (χ0n) is 21.9. The van der Waals surface area contributed by atoms with E-state index in [1.54, 1.807) is 0 Å². The number of carbonyl (C=O) groups excluding carboxylic acids is 2. The Balaban J connectivity index is 2.17. The molecule has 5 N–H and O–H groups in total. The van der Waals surface area contributed by atoms with Gasteiger partial charge in [0.15, 0.2) is 0 Å². The highest BCUT2D eigenvalue weighted by Gasteiger charge is 2.40. The number of nitrogens with zero attached hydrogens (tertiary/aromatic N) is 1. The maximum Gasteiger partial charge on any atom is 0.220 e. The van der Waals surface area contributed by atoms with Gasteiger partial charge in [-0.25, -0.2) is 4.84 Å². The van der Waals surface area contributed by atoms with Crippen molar-refractivity contribution < 1.29 is 39.8 Å². The summed E-state index contributed by atoms with van der Waals surface area (Å²) in [5, 5.41) is 39.9. The quantitative estimate of drug-likeness (QED) is 0.0830. The molecule has 210 valence electrons.